The van der Waals surface area contributed by atoms with Crippen LogP contribution in [-0.2, 0) is 14.8 Å². The number of carbonyl (C=O) groups excluding carboxylic acids is 1. The highest BCUT2D eigenvalue weighted by Gasteiger charge is 2.28. The lowest BCUT2D eigenvalue weighted by Crippen LogP contribution is -2.35. The first-order valence-corrected chi connectivity index (χ1v) is 12.4. The fourth-order valence-corrected chi connectivity index (χ4v) is 4.73. The molecule has 7 nitrogen and oxygen atoms in total. The fraction of sp³-hybridized carbons (Fsp3) is 0.160. The second kappa shape index (κ2) is 9.48. The highest BCUT2D eigenvalue weighted by atomic mass is 32.2. The number of benzene rings is 3. The van der Waals surface area contributed by atoms with Gasteiger partial charge in [-0.1, -0.05) is 48.5 Å². The summed E-state index contributed by atoms with van der Waals surface area (Å²) in [6.45, 7) is 0.865. The lowest BCUT2D eigenvalue weighted by molar-refractivity contribution is -0.110. The lowest BCUT2D eigenvalue weighted by atomic mass is 10.00. The summed E-state index contributed by atoms with van der Waals surface area (Å²) in [5.74, 6) is -0.172. The molecule has 0 saturated heterocycles. The first-order valence-electron chi connectivity index (χ1n) is 10.6. The molecule has 0 aromatic heterocycles. The van der Waals surface area contributed by atoms with Crippen LogP contribution in [0.25, 0.3) is 11.3 Å². The second-order valence-corrected chi connectivity index (χ2v) is 9.63. The van der Waals surface area contributed by atoms with Crippen LogP contribution in [0.5, 0.6) is 0 Å². The van der Waals surface area contributed by atoms with Crippen molar-refractivity contribution in [3.05, 3.63) is 90.0 Å². The molecule has 33 heavy (non-hydrogen) atoms. The van der Waals surface area contributed by atoms with E-state index in [-0.39, 0.29) is 5.91 Å². The molecular formula is C25H26N4O3S. The second-order valence-electron chi connectivity index (χ2n) is 7.73. The molecule has 0 radical (unpaired) electrons. The zero-order valence-electron chi connectivity index (χ0n) is 18.5. The van der Waals surface area contributed by atoms with Gasteiger partial charge < -0.3 is 16.0 Å². The zero-order chi connectivity index (χ0) is 23.4. The van der Waals surface area contributed by atoms with Crippen molar-refractivity contribution in [2.75, 3.05) is 41.3 Å². The minimum Gasteiger partial charge on any atom is -0.354 e. The van der Waals surface area contributed by atoms with Gasteiger partial charge in [-0.2, -0.15) is 0 Å². The summed E-state index contributed by atoms with van der Waals surface area (Å²) >= 11 is 0. The Hall–Kier alpha value is -3.62. The van der Waals surface area contributed by atoms with Crippen LogP contribution in [0, 0.1) is 0 Å². The van der Waals surface area contributed by atoms with Crippen molar-refractivity contribution in [2.45, 2.75) is 0 Å². The number of fused-ring (bicyclic) bond motifs is 1. The minimum absolute atomic E-state index is 0.172. The van der Waals surface area contributed by atoms with Gasteiger partial charge in [0.15, 0.2) is 0 Å². The molecule has 0 aliphatic carbocycles. The lowest BCUT2D eigenvalue weighted by Gasteiger charge is -2.23. The number of carbonyl (C=O) groups is 1. The summed E-state index contributed by atoms with van der Waals surface area (Å²) in [5, 5.41) is 9.30. The molecule has 0 spiro atoms. The van der Waals surface area contributed by atoms with E-state index in [1.165, 1.54) is 10.6 Å². The van der Waals surface area contributed by atoms with E-state index in [0.717, 1.165) is 22.5 Å². The quantitative estimate of drug-likeness (QED) is 0.445. The molecule has 0 saturated carbocycles. The number of likely N-dealkylation sites (N-methyl/N-ethyl adjacent to an activating group) is 1. The van der Waals surface area contributed by atoms with Crippen LogP contribution in [0.15, 0.2) is 78.9 Å². The molecule has 1 amide bonds. The van der Waals surface area contributed by atoms with E-state index in [9.17, 15) is 13.2 Å². The van der Waals surface area contributed by atoms with E-state index in [1.54, 1.807) is 19.2 Å². The molecule has 1 aliphatic heterocycles. The van der Waals surface area contributed by atoms with Gasteiger partial charge in [0.25, 0.3) is 5.91 Å². The van der Waals surface area contributed by atoms with Crippen molar-refractivity contribution in [1.82, 2.24) is 5.32 Å². The van der Waals surface area contributed by atoms with E-state index >= 15 is 0 Å². The summed E-state index contributed by atoms with van der Waals surface area (Å²) < 4.78 is 25.9. The average molecular weight is 463 g/mol. The van der Waals surface area contributed by atoms with Crippen LogP contribution in [0.2, 0.25) is 0 Å². The Balaban J connectivity index is 1.73. The van der Waals surface area contributed by atoms with Crippen molar-refractivity contribution in [1.29, 1.82) is 0 Å². The average Bonchev–Trinajstić information content (AvgIpc) is 3.14. The largest absolute Gasteiger partial charge is 0.354 e. The standard InChI is InChI=1S/C25H26N4O3S/c1-26-16-17-29(33(2,31)32)20-14-12-19(13-15-20)27-24(18-8-4-3-5-9-18)23-21-10-6-7-11-22(21)28-25(23)30/h3-15,26-27H,16-17H2,1-2H3,(H,28,30). The van der Waals surface area contributed by atoms with Gasteiger partial charge in [0.1, 0.15) is 0 Å². The summed E-state index contributed by atoms with van der Waals surface area (Å²) in [4.78, 5) is 12.9. The highest BCUT2D eigenvalue weighted by Crippen LogP contribution is 2.37. The van der Waals surface area contributed by atoms with Gasteiger partial charge in [-0.15, -0.1) is 0 Å². The van der Waals surface area contributed by atoms with Crippen LogP contribution < -0.4 is 20.3 Å². The van der Waals surface area contributed by atoms with Crippen molar-refractivity contribution in [3.63, 3.8) is 0 Å². The molecule has 0 atom stereocenters. The number of rotatable bonds is 8. The summed E-state index contributed by atoms with van der Waals surface area (Å²) in [6, 6.07) is 24.4. The summed E-state index contributed by atoms with van der Waals surface area (Å²) in [7, 11) is -1.63. The van der Waals surface area contributed by atoms with Crippen molar-refractivity contribution in [2.24, 2.45) is 0 Å². The van der Waals surface area contributed by atoms with Crippen molar-refractivity contribution in [3.8, 4) is 0 Å². The molecule has 170 valence electrons. The van der Waals surface area contributed by atoms with Gasteiger partial charge in [-0.05, 0) is 42.9 Å². The van der Waals surface area contributed by atoms with Crippen LogP contribution in [-0.4, -0.2) is 40.7 Å². The molecule has 1 heterocycles. The minimum atomic E-state index is -3.41. The maximum absolute atomic E-state index is 12.9. The van der Waals surface area contributed by atoms with Gasteiger partial charge in [0.05, 0.1) is 23.2 Å². The Kier molecular flexibility index (Phi) is 6.48. The number of anilines is 3. The fourth-order valence-electron chi connectivity index (χ4n) is 3.80. The molecule has 3 aromatic rings. The number of sulfonamides is 1. The third-order valence-electron chi connectivity index (χ3n) is 5.37. The molecule has 0 unspecified atom stereocenters. The smallest absolute Gasteiger partial charge is 0.258 e. The van der Waals surface area contributed by atoms with Crippen molar-refractivity contribution < 1.29 is 13.2 Å². The van der Waals surface area contributed by atoms with Gasteiger partial charge in [-0.25, -0.2) is 8.42 Å². The number of nitrogens with one attached hydrogen (secondary N) is 3. The summed E-state index contributed by atoms with van der Waals surface area (Å²) in [5.41, 5.74) is 5.04. The Morgan fingerprint density at radius 2 is 1.61 bits per heavy atom. The van der Waals surface area contributed by atoms with E-state index in [0.29, 0.717) is 30.0 Å². The van der Waals surface area contributed by atoms with Crippen LogP contribution in [0.1, 0.15) is 11.1 Å². The SMILES string of the molecule is CNCCN(c1ccc(NC(=C2C(=O)Nc3ccccc32)c2ccccc2)cc1)S(C)(=O)=O. The summed E-state index contributed by atoms with van der Waals surface area (Å²) in [6.07, 6.45) is 1.20. The molecule has 0 bridgehead atoms. The van der Waals surface area contributed by atoms with Crippen LogP contribution in [0.3, 0.4) is 0 Å². The molecule has 1 aliphatic rings. The van der Waals surface area contributed by atoms with Crippen LogP contribution >= 0.6 is 0 Å². The van der Waals surface area contributed by atoms with Gasteiger partial charge in [-0.3, -0.25) is 9.10 Å². The molecule has 3 aromatic carbocycles. The van der Waals surface area contributed by atoms with Crippen molar-refractivity contribution >= 4 is 44.3 Å². The van der Waals surface area contributed by atoms with E-state index in [4.69, 9.17) is 0 Å². The number of amides is 1. The van der Waals surface area contributed by atoms with E-state index in [2.05, 4.69) is 16.0 Å². The van der Waals surface area contributed by atoms with E-state index in [1.807, 2.05) is 66.7 Å². The van der Waals surface area contributed by atoms with E-state index < -0.39 is 10.0 Å². The third-order valence-corrected chi connectivity index (χ3v) is 6.57. The molecule has 8 heteroatoms. The number of para-hydroxylation sites is 1. The number of hydrogen-bond donors (Lipinski definition) is 3. The first-order chi connectivity index (χ1) is 15.9. The maximum Gasteiger partial charge on any atom is 0.258 e. The Morgan fingerprint density at radius 1 is 0.939 bits per heavy atom. The Labute approximate surface area is 194 Å². The predicted octanol–water partition coefficient (Wildman–Crippen LogP) is 3.60. The molecular weight excluding hydrogens is 436 g/mol. The highest BCUT2D eigenvalue weighted by molar-refractivity contribution is 7.92. The molecule has 4 rings (SSSR count). The van der Waals surface area contributed by atoms with Crippen LogP contribution in [0.4, 0.5) is 17.1 Å². The Bertz CT molecular complexity index is 1290. The normalized spacial score (nSPS) is 14.4. The van der Waals surface area contributed by atoms with Gasteiger partial charge in [0, 0.05) is 30.0 Å². The number of nitrogens with zero attached hydrogens (tertiary/aromatic N) is 1. The first kappa shape index (κ1) is 22.6. The molecule has 0 fully saturated rings. The Morgan fingerprint density at radius 3 is 2.27 bits per heavy atom. The zero-order valence-corrected chi connectivity index (χ0v) is 19.3. The monoisotopic (exact) mass is 462 g/mol. The topological polar surface area (TPSA) is 90.5 Å². The number of hydrogen-bond acceptors (Lipinski definition) is 5. The van der Waals surface area contributed by atoms with Gasteiger partial charge >= 0.3 is 0 Å². The maximum atomic E-state index is 12.9. The van der Waals surface area contributed by atoms with Gasteiger partial charge in [0.2, 0.25) is 10.0 Å². The third kappa shape index (κ3) is 4.92. The molecule has 3 N–H and O–H groups in total. The predicted molar refractivity (Wildman–Crippen MR) is 135 cm³/mol.